The van der Waals surface area contributed by atoms with Crippen molar-refractivity contribution in [1.82, 2.24) is 19.5 Å². The van der Waals surface area contributed by atoms with Gasteiger partial charge in [-0.2, -0.15) is 0 Å². The molecule has 0 bridgehead atoms. The van der Waals surface area contributed by atoms with Crippen molar-refractivity contribution in [2.75, 3.05) is 18.5 Å². The van der Waals surface area contributed by atoms with Crippen LogP contribution in [-0.2, 0) is 14.2 Å². The highest BCUT2D eigenvalue weighted by molar-refractivity contribution is 6.06. The molecule has 2 N–H and O–H groups in total. The first kappa shape index (κ1) is 22.7. The van der Waals surface area contributed by atoms with Crippen LogP contribution in [0.2, 0.25) is 0 Å². The van der Waals surface area contributed by atoms with Crippen molar-refractivity contribution in [3.63, 3.8) is 0 Å². The molecule has 2 aliphatic rings. The van der Waals surface area contributed by atoms with Crippen molar-refractivity contribution in [3.8, 4) is 0 Å². The number of aliphatic hydroxyl groups is 1. The van der Waals surface area contributed by atoms with Gasteiger partial charge in [-0.3, -0.25) is 4.79 Å². The highest BCUT2D eigenvalue weighted by Crippen LogP contribution is 2.41. The lowest BCUT2D eigenvalue weighted by molar-refractivity contribution is -0.339. The Morgan fingerprint density at radius 3 is 2.61 bits per heavy atom. The number of fused-ring (bicyclic) bond motifs is 2. The topological polar surface area (TPSA) is 121 Å². The maximum Gasteiger partial charge on any atom is 0.256 e. The summed E-state index contributed by atoms with van der Waals surface area (Å²) in [5.41, 5.74) is 1.45. The van der Waals surface area contributed by atoms with Gasteiger partial charge in [0.05, 0.1) is 25.6 Å². The third-order valence-corrected chi connectivity index (χ3v) is 6.74. The van der Waals surface area contributed by atoms with E-state index in [2.05, 4.69) is 20.3 Å². The monoisotopic (exact) mass is 487 g/mol. The molecule has 36 heavy (non-hydrogen) atoms. The van der Waals surface area contributed by atoms with Gasteiger partial charge in [0.1, 0.15) is 24.1 Å². The van der Waals surface area contributed by atoms with Crippen LogP contribution in [-0.4, -0.2) is 61.6 Å². The molecule has 0 radical (unpaired) electrons. The van der Waals surface area contributed by atoms with Gasteiger partial charge in [-0.05, 0) is 19.1 Å². The van der Waals surface area contributed by atoms with Crippen LogP contribution in [0.3, 0.4) is 0 Å². The number of nitrogens with zero attached hydrogens (tertiary/aromatic N) is 4. The Labute approximate surface area is 206 Å². The summed E-state index contributed by atoms with van der Waals surface area (Å²) in [5, 5.41) is 14.3. The van der Waals surface area contributed by atoms with Gasteiger partial charge < -0.3 is 29.2 Å². The van der Waals surface area contributed by atoms with Crippen LogP contribution in [0.1, 0.15) is 35.2 Å². The fourth-order valence-electron chi connectivity index (χ4n) is 4.77. The number of aliphatic hydroxyl groups excluding tert-OH is 1. The van der Waals surface area contributed by atoms with Gasteiger partial charge >= 0.3 is 0 Å². The van der Waals surface area contributed by atoms with Crippen molar-refractivity contribution in [2.24, 2.45) is 0 Å². The molecule has 0 spiro atoms. The molecule has 2 aromatic heterocycles. The average molecular weight is 488 g/mol. The van der Waals surface area contributed by atoms with Crippen molar-refractivity contribution in [2.45, 2.75) is 37.1 Å². The van der Waals surface area contributed by atoms with E-state index in [-0.39, 0.29) is 24.9 Å². The number of aromatic nitrogens is 4. The van der Waals surface area contributed by atoms with Crippen LogP contribution >= 0.6 is 0 Å². The molecule has 6 rings (SSSR count). The molecule has 1 amide bonds. The first-order valence-corrected chi connectivity index (χ1v) is 11.7. The number of nitrogens with one attached hydrogen (secondary N) is 1. The standard InChI is InChI=1S/C26H25N5O5/c1-26-13-34-25(17-10-6-3-7-11-17)36-21(26)20(32)18(12-35-26)31-15-29-19-22(27-14-28-23(19)31)30-24(33)16-8-4-2-5-9-16/h2-11,14-15,18,20-21,25,32H,12-13H2,1H3,(H,27,28,30,33)/t18-,20+,21+,25-,26-/m1/s1. The molecule has 5 atom stereocenters. The van der Waals surface area contributed by atoms with Gasteiger partial charge in [-0.1, -0.05) is 48.5 Å². The number of hydrogen-bond donors (Lipinski definition) is 2. The summed E-state index contributed by atoms with van der Waals surface area (Å²) in [6.45, 7) is 2.37. The third-order valence-electron chi connectivity index (χ3n) is 6.74. The van der Waals surface area contributed by atoms with Gasteiger partial charge in [0.15, 0.2) is 23.3 Å². The van der Waals surface area contributed by atoms with Crippen molar-refractivity contribution in [3.05, 3.63) is 84.4 Å². The van der Waals surface area contributed by atoms with Crippen LogP contribution in [0.15, 0.2) is 73.3 Å². The Hall–Kier alpha value is -3.70. The largest absolute Gasteiger partial charge is 0.388 e. The summed E-state index contributed by atoms with van der Waals surface area (Å²) in [7, 11) is 0. The smallest absolute Gasteiger partial charge is 0.256 e. The molecule has 2 fully saturated rings. The fraction of sp³-hybridized carbons (Fsp3) is 0.308. The average Bonchev–Trinajstić information content (AvgIpc) is 3.35. The summed E-state index contributed by atoms with van der Waals surface area (Å²) >= 11 is 0. The van der Waals surface area contributed by atoms with Gasteiger partial charge in [-0.15, -0.1) is 0 Å². The van der Waals surface area contributed by atoms with Crippen LogP contribution in [0.25, 0.3) is 11.2 Å². The number of imidazole rings is 1. The van der Waals surface area contributed by atoms with Crippen molar-refractivity contribution >= 4 is 22.9 Å². The lowest BCUT2D eigenvalue weighted by Gasteiger charge is -2.50. The second-order valence-corrected chi connectivity index (χ2v) is 9.16. The molecule has 0 aliphatic carbocycles. The van der Waals surface area contributed by atoms with Gasteiger partial charge in [0.2, 0.25) is 0 Å². The first-order valence-electron chi connectivity index (χ1n) is 11.7. The molecular formula is C26H25N5O5. The van der Waals surface area contributed by atoms with E-state index in [1.54, 1.807) is 35.2 Å². The quantitative estimate of drug-likeness (QED) is 0.451. The summed E-state index contributed by atoms with van der Waals surface area (Å²) in [6, 6.07) is 17.9. The van der Waals surface area contributed by atoms with Crippen LogP contribution in [0.4, 0.5) is 5.82 Å². The molecule has 10 nitrogen and oxygen atoms in total. The fourth-order valence-corrected chi connectivity index (χ4v) is 4.77. The lowest BCUT2D eigenvalue weighted by Crippen LogP contribution is -2.63. The van der Waals surface area contributed by atoms with E-state index in [4.69, 9.17) is 14.2 Å². The first-order chi connectivity index (χ1) is 17.5. The molecule has 0 saturated carbocycles. The number of anilines is 1. The number of hydrogen-bond acceptors (Lipinski definition) is 8. The number of rotatable bonds is 4. The zero-order valence-corrected chi connectivity index (χ0v) is 19.5. The normalized spacial score (nSPS) is 27.9. The SMILES string of the molecule is C[C@@]12CO[C@@H](c3ccccc3)O[C@H]1[C@@H](O)[C@H](n1cnc3c(NC(=O)c4ccccc4)ncnc31)CO2. The number of amides is 1. The summed E-state index contributed by atoms with van der Waals surface area (Å²) in [6.07, 6.45) is 0.756. The molecule has 4 aromatic rings. The highest BCUT2D eigenvalue weighted by atomic mass is 16.7. The number of carbonyl (C=O) groups is 1. The Morgan fingerprint density at radius 1 is 1.08 bits per heavy atom. The zero-order valence-electron chi connectivity index (χ0n) is 19.5. The minimum atomic E-state index is -0.923. The molecule has 2 saturated heterocycles. The number of ether oxygens (including phenoxy) is 3. The lowest BCUT2D eigenvalue weighted by atomic mass is 9.87. The second kappa shape index (κ2) is 9.07. The Balaban J connectivity index is 1.27. The van der Waals surface area contributed by atoms with Gasteiger partial charge in [-0.25, -0.2) is 15.0 Å². The van der Waals surface area contributed by atoms with E-state index in [0.717, 1.165) is 5.56 Å². The predicted octanol–water partition coefficient (Wildman–Crippen LogP) is 2.88. The molecular weight excluding hydrogens is 462 g/mol. The minimum absolute atomic E-state index is 0.206. The molecule has 0 unspecified atom stereocenters. The highest BCUT2D eigenvalue weighted by Gasteiger charge is 2.53. The summed E-state index contributed by atoms with van der Waals surface area (Å²) in [4.78, 5) is 25.7. The molecule has 2 aliphatic heterocycles. The Bertz CT molecular complexity index is 1380. The summed E-state index contributed by atoms with van der Waals surface area (Å²) in [5.74, 6) is -0.0142. The van der Waals surface area contributed by atoms with E-state index in [1.807, 2.05) is 43.3 Å². The Morgan fingerprint density at radius 2 is 1.83 bits per heavy atom. The van der Waals surface area contributed by atoms with Crippen molar-refractivity contribution in [1.29, 1.82) is 0 Å². The maximum absolute atomic E-state index is 12.7. The molecule has 4 heterocycles. The maximum atomic E-state index is 12.7. The minimum Gasteiger partial charge on any atom is -0.388 e. The predicted molar refractivity (Wildman–Crippen MR) is 129 cm³/mol. The Kier molecular flexibility index (Phi) is 5.73. The number of benzene rings is 2. The van der Waals surface area contributed by atoms with Crippen molar-refractivity contribution < 1.29 is 24.1 Å². The van der Waals surface area contributed by atoms with Crippen LogP contribution < -0.4 is 5.32 Å². The molecule has 2 aromatic carbocycles. The molecule has 184 valence electrons. The molecule has 10 heteroatoms. The van der Waals surface area contributed by atoms with E-state index in [0.29, 0.717) is 16.7 Å². The van der Waals surface area contributed by atoms with Gasteiger partial charge in [0.25, 0.3) is 5.91 Å². The second-order valence-electron chi connectivity index (χ2n) is 9.16. The zero-order chi connectivity index (χ0) is 24.7. The van der Waals surface area contributed by atoms with E-state index < -0.39 is 30.1 Å². The van der Waals surface area contributed by atoms with E-state index >= 15 is 0 Å². The van der Waals surface area contributed by atoms with Crippen LogP contribution in [0, 0.1) is 0 Å². The van der Waals surface area contributed by atoms with Gasteiger partial charge in [0, 0.05) is 11.1 Å². The number of carbonyl (C=O) groups excluding carboxylic acids is 1. The van der Waals surface area contributed by atoms with Crippen LogP contribution in [0.5, 0.6) is 0 Å². The summed E-state index contributed by atoms with van der Waals surface area (Å²) < 4.78 is 20.1. The third kappa shape index (κ3) is 3.94. The van der Waals surface area contributed by atoms with E-state index in [1.165, 1.54) is 6.33 Å². The van der Waals surface area contributed by atoms with E-state index in [9.17, 15) is 9.90 Å².